The molecule has 0 heterocycles. The second kappa shape index (κ2) is 12.4. The lowest BCUT2D eigenvalue weighted by atomic mass is 9.43. The Morgan fingerprint density at radius 1 is 0.611 bits per heavy atom. The fraction of sp³-hybridized carbons (Fsp3) is 0.743. The highest BCUT2D eigenvalue weighted by Crippen LogP contribution is 2.67. The van der Waals surface area contributed by atoms with Crippen molar-refractivity contribution in [2.45, 2.75) is 151 Å². The minimum atomic E-state index is 0.271. The average Bonchev–Trinajstić information content (AvgIpc) is 2.70. The number of hydrogen-bond donors (Lipinski definition) is 0. The molecular weight excluding hydrogens is 434 g/mol. The van der Waals surface area contributed by atoms with Crippen molar-refractivity contribution in [1.29, 1.82) is 0 Å². The van der Waals surface area contributed by atoms with Crippen LogP contribution in [-0.2, 0) is 0 Å². The molecule has 0 amide bonds. The van der Waals surface area contributed by atoms with E-state index in [1.807, 2.05) is 0 Å². The van der Waals surface area contributed by atoms with Crippen molar-refractivity contribution >= 4 is 5.71 Å². The van der Waals surface area contributed by atoms with Gasteiger partial charge in [-0.25, -0.2) is 0 Å². The Morgan fingerprint density at radius 3 is 1.50 bits per heavy atom. The number of allylic oxidation sites excluding steroid dienone is 8. The van der Waals surface area contributed by atoms with Crippen LogP contribution in [0.3, 0.4) is 0 Å². The lowest BCUT2D eigenvalue weighted by molar-refractivity contribution is -0.104. The Morgan fingerprint density at radius 2 is 1.06 bits per heavy atom. The molecule has 4 aliphatic rings. The van der Waals surface area contributed by atoms with E-state index in [0.717, 1.165) is 18.8 Å². The highest BCUT2D eigenvalue weighted by atomic mass is 14.9. The van der Waals surface area contributed by atoms with Crippen molar-refractivity contribution in [3.05, 3.63) is 46.6 Å². The molecular formula is C35H57N. The van der Waals surface area contributed by atoms with Crippen LogP contribution in [0.15, 0.2) is 51.6 Å². The Kier molecular flexibility index (Phi) is 10.1. The van der Waals surface area contributed by atoms with Crippen molar-refractivity contribution in [2.75, 3.05) is 0 Å². The van der Waals surface area contributed by atoms with Crippen molar-refractivity contribution in [3.8, 4) is 0 Å². The molecule has 4 bridgehead atoms. The molecule has 4 saturated carbocycles. The Hall–Kier alpha value is -1.37. The summed E-state index contributed by atoms with van der Waals surface area (Å²) in [6, 6.07) is 0. The van der Waals surface area contributed by atoms with Gasteiger partial charge in [0.1, 0.15) is 0 Å². The molecule has 1 heteroatoms. The smallest absolute Gasteiger partial charge is 0.0620 e. The van der Waals surface area contributed by atoms with E-state index in [1.165, 1.54) is 105 Å². The molecule has 0 saturated heterocycles. The normalized spacial score (nSPS) is 32.8. The fourth-order valence-corrected chi connectivity index (χ4v) is 8.49. The SMILES string of the molecule is CC(C)=CCC/C(C)=C/CC/C(C)=C/CC/C(C)=C/CCC(C)=NC12CC3CC(C)(CC(C)(C3)C1)C2. The van der Waals surface area contributed by atoms with E-state index in [2.05, 4.69) is 79.7 Å². The predicted molar refractivity (Wildman–Crippen MR) is 161 cm³/mol. The van der Waals surface area contributed by atoms with E-state index in [-0.39, 0.29) is 5.54 Å². The molecule has 36 heavy (non-hydrogen) atoms. The largest absolute Gasteiger partial charge is 0.288 e. The van der Waals surface area contributed by atoms with Crippen molar-refractivity contribution in [2.24, 2.45) is 21.7 Å². The van der Waals surface area contributed by atoms with Crippen LogP contribution in [0.1, 0.15) is 145 Å². The first-order valence-electron chi connectivity index (χ1n) is 15.1. The maximum absolute atomic E-state index is 5.48. The highest BCUT2D eigenvalue weighted by molar-refractivity contribution is 5.82. The molecule has 0 aromatic carbocycles. The molecule has 4 rings (SSSR count). The summed E-state index contributed by atoms with van der Waals surface area (Å²) in [5.74, 6) is 0.930. The maximum Gasteiger partial charge on any atom is 0.0620 e. The number of rotatable bonds is 13. The van der Waals surface area contributed by atoms with Gasteiger partial charge in [-0.15, -0.1) is 0 Å². The summed E-state index contributed by atoms with van der Waals surface area (Å²) < 4.78 is 0. The quantitative estimate of drug-likeness (QED) is 0.179. The zero-order valence-electron chi connectivity index (χ0n) is 25.2. The summed E-state index contributed by atoms with van der Waals surface area (Å²) in [6.45, 7) is 18.7. The Balaban J connectivity index is 1.37. The van der Waals surface area contributed by atoms with Crippen molar-refractivity contribution in [3.63, 3.8) is 0 Å². The third kappa shape index (κ3) is 8.88. The monoisotopic (exact) mass is 491 g/mol. The number of hydrogen-bond acceptors (Lipinski definition) is 1. The van der Waals surface area contributed by atoms with Crippen LogP contribution >= 0.6 is 0 Å². The molecule has 2 unspecified atom stereocenters. The standard InChI is InChI=1S/C35H57N/c1-27(2)13-9-14-28(3)15-10-16-29(4)17-11-18-30(5)19-12-20-31(6)36-35-23-32-21-33(7,25-35)24-34(8,22-32)26-35/h13,15,17,19,32H,9-12,14,16,18,20-26H2,1-8H3/b28-15+,29-17+,30-19+,36-31?. The second-order valence-electron chi connectivity index (χ2n) is 14.3. The molecule has 0 N–H and O–H groups in total. The Bertz CT molecular complexity index is 885. The third-order valence-electron chi connectivity index (χ3n) is 9.18. The molecule has 202 valence electrons. The molecule has 4 fully saturated rings. The fourth-order valence-electron chi connectivity index (χ4n) is 8.49. The van der Waals surface area contributed by atoms with Gasteiger partial charge < -0.3 is 0 Å². The zero-order chi connectivity index (χ0) is 26.4. The van der Waals surface area contributed by atoms with Crippen LogP contribution in [0.2, 0.25) is 0 Å². The molecule has 0 radical (unpaired) electrons. The minimum absolute atomic E-state index is 0.271. The first-order valence-corrected chi connectivity index (χ1v) is 15.1. The summed E-state index contributed by atoms with van der Waals surface area (Å²) in [5.41, 5.74) is 8.82. The summed E-state index contributed by atoms with van der Waals surface area (Å²) in [5, 5.41) is 0. The lowest BCUT2D eigenvalue weighted by Crippen LogP contribution is -2.57. The predicted octanol–water partition coefficient (Wildman–Crippen LogP) is 11.1. The van der Waals surface area contributed by atoms with Gasteiger partial charge in [-0.3, -0.25) is 4.99 Å². The van der Waals surface area contributed by atoms with Gasteiger partial charge in [0.25, 0.3) is 0 Å². The molecule has 0 spiro atoms. The van der Waals surface area contributed by atoms with Crippen LogP contribution in [0.25, 0.3) is 0 Å². The minimum Gasteiger partial charge on any atom is -0.288 e. The van der Waals surface area contributed by atoms with Crippen LogP contribution in [0, 0.1) is 16.7 Å². The molecule has 0 aliphatic heterocycles. The summed E-state index contributed by atoms with van der Waals surface area (Å²) in [4.78, 5) is 5.48. The van der Waals surface area contributed by atoms with Gasteiger partial charge in [0.05, 0.1) is 5.54 Å². The van der Waals surface area contributed by atoms with Gasteiger partial charge >= 0.3 is 0 Å². The Labute approximate surface area is 224 Å². The molecule has 0 aromatic rings. The van der Waals surface area contributed by atoms with Crippen LogP contribution < -0.4 is 0 Å². The van der Waals surface area contributed by atoms with Crippen LogP contribution in [0.5, 0.6) is 0 Å². The maximum atomic E-state index is 5.48. The first-order chi connectivity index (χ1) is 16.9. The van der Waals surface area contributed by atoms with Crippen LogP contribution in [0.4, 0.5) is 0 Å². The molecule has 1 nitrogen and oxygen atoms in total. The van der Waals surface area contributed by atoms with Gasteiger partial charge in [-0.2, -0.15) is 0 Å². The highest BCUT2D eigenvalue weighted by Gasteiger charge is 2.60. The van der Waals surface area contributed by atoms with E-state index in [1.54, 1.807) is 0 Å². The van der Waals surface area contributed by atoms with E-state index in [4.69, 9.17) is 4.99 Å². The van der Waals surface area contributed by atoms with Gasteiger partial charge in [0.15, 0.2) is 0 Å². The first kappa shape index (κ1) is 29.2. The van der Waals surface area contributed by atoms with Gasteiger partial charge in [-0.05, 0) is 148 Å². The summed E-state index contributed by atoms with van der Waals surface area (Å²) in [7, 11) is 0. The number of nitrogens with zero attached hydrogens (tertiary/aromatic N) is 1. The van der Waals surface area contributed by atoms with E-state index in [0.29, 0.717) is 10.8 Å². The van der Waals surface area contributed by atoms with Gasteiger partial charge in [0.2, 0.25) is 0 Å². The topological polar surface area (TPSA) is 12.4 Å². The van der Waals surface area contributed by atoms with Gasteiger partial charge in [0, 0.05) is 5.71 Å². The molecule has 4 aliphatic carbocycles. The lowest BCUT2D eigenvalue weighted by Gasteiger charge is -2.64. The van der Waals surface area contributed by atoms with Crippen LogP contribution in [-0.4, -0.2) is 11.3 Å². The number of aliphatic imine (C=N–C) groups is 1. The van der Waals surface area contributed by atoms with Crippen molar-refractivity contribution in [1.82, 2.24) is 0 Å². The molecule has 2 atom stereocenters. The summed E-state index contributed by atoms with van der Waals surface area (Å²) in [6.07, 6.45) is 27.5. The van der Waals surface area contributed by atoms with Crippen molar-refractivity contribution < 1.29 is 0 Å². The second-order valence-corrected chi connectivity index (χ2v) is 14.3. The summed E-state index contributed by atoms with van der Waals surface area (Å²) >= 11 is 0. The molecule has 0 aromatic heterocycles. The van der Waals surface area contributed by atoms with E-state index in [9.17, 15) is 0 Å². The van der Waals surface area contributed by atoms with Gasteiger partial charge in [-0.1, -0.05) is 60.4 Å². The van der Waals surface area contributed by atoms with E-state index >= 15 is 0 Å². The average molecular weight is 492 g/mol. The zero-order valence-corrected chi connectivity index (χ0v) is 25.2. The van der Waals surface area contributed by atoms with E-state index < -0.39 is 0 Å². The third-order valence-corrected chi connectivity index (χ3v) is 9.18.